The third-order valence-corrected chi connectivity index (χ3v) is 3.38. The Labute approximate surface area is 127 Å². The number of carbonyl (C=O) groups excluding carboxylic acids is 1. The summed E-state index contributed by atoms with van der Waals surface area (Å²) >= 11 is 0. The number of hydrogen-bond acceptors (Lipinski definition) is 4. The van der Waals surface area contributed by atoms with Crippen LogP contribution >= 0.6 is 0 Å². The minimum absolute atomic E-state index is 0.220. The van der Waals surface area contributed by atoms with E-state index < -0.39 is 6.04 Å². The van der Waals surface area contributed by atoms with Gasteiger partial charge in [-0.3, -0.25) is 9.89 Å². The highest BCUT2D eigenvalue weighted by atomic mass is 16.3. The minimum Gasteiger partial charge on any atom is -0.469 e. The van der Waals surface area contributed by atoms with Crippen LogP contribution in [0.1, 0.15) is 39.4 Å². The van der Waals surface area contributed by atoms with Crippen LogP contribution in [0.25, 0.3) is 0 Å². The van der Waals surface area contributed by atoms with Crippen LogP contribution in [0.5, 0.6) is 0 Å². The molecule has 0 saturated heterocycles. The molecule has 2 heterocycles. The summed E-state index contributed by atoms with van der Waals surface area (Å²) in [7, 11) is 0. The first-order chi connectivity index (χ1) is 10.6. The van der Waals surface area contributed by atoms with E-state index in [0.717, 1.165) is 5.56 Å². The number of nitrogens with one attached hydrogen (secondary N) is 2. The van der Waals surface area contributed by atoms with Gasteiger partial charge in [-0.1, -0.05) is 30.3 Å². The number of aromatic nitrogens is 3. The highest BCUT2D eigenvalue weighted by Crippen LogP contribution is 2.20. The van der Waals surface area contributed by atoms with Gasteiger partial charge in [0.2, 0.25) is 0 Å². The van der Waals surface area contributed by atoms with Gasteiger partial charge in [-0.15, -0.1) is 0 Å². The van der Waals surface area contributed by atoms with Gasteiger partial charge in [-0.25, -0.2) is 4.98 Å². The van der Waals surface area contributed by atoms with Crippen LogP contribution in [0, 0.1) is 13.8 Å². The third-order valence-electron chi connectivity index (χ3n) is 3.38. The molecule has 0 spiro atoms. The molecule has 6 heteroatoms. The molecule has 0 fully saturated rings. The summed E-state index contributed by atoms with van der Waals surface area (Å²) in [4.78, 5) is 16.8. The smallest absolute Gasteiger partial charge is 0.255 e. The molecule has 0 aliphatic carbocycles. The maximum absolute atomic E-state index is 12.5. The fourth-order valence-corrected chi connectivity index (χ4v) is 2.26. The summed E-state index contributed by atoms with van der Waals surface area (Å²) in [6.07, 6.45) is 1.50. The molecule has 0 aliphatic heterocycles. The third kappa shape index (κ3) is 2.76. The molecule has 1 aromatic carbocycles. The van der Waals surface area contributed by atoms with E-state index >= 15 is 0 Å². The average Bonchev–Trinajstić information content (AvgIpc) is 3.14. The molecule has 3 aromatic rings. The van der Waals surface area contributed by atoms with E-state index in [1.165, 1.54) is 6.26 Å². The van der Waals surface area contributed by atoms with Crippen molar-refractivity contribution in [3.8, 4) is 0 Å². The lowest BCUT2D eigenvalue weighted by Crippen LogP contribution is -2.30. The molecule has 0 bridgehead atoms. The second-order valence-corrected chi connectivity index (χ2v) is 4.99. The number of aromatic amines is 1. The van der Waals surface area contributed by atoms with Crippen molar-refractivity contribution in [2.24, 2.45) is 0 Å². The van der Waals surface area contributed by atoms with Crippen molar-refractivity contribution in [2.75, 3.05) is 0 Å². The van der Waals surface area contributed by atoms with Crippen LogP contribution < -0.4 is 5.32 Å². The van der Waals surface area contributed by atoms with Gasteiger partial charge in [0.15, 0.2) is 5.82 Å². The Balaban J connectivity index is 1.93. The van der Waals surface area contributed by atoms with E-state index in [9.17, 15) is 4.79 Å². The highest BCUT2D eigenvalue weighted by Gasteiger charge is 2.22. The minimum atomic E-state index is -0.423. The van der Waals surface area contributed by atoms with Crippen LogP contribution in [-0.4, -0.2) is 21.1 Å². The zero-order valence-corrected chi connectivity index (χ0v) is 12.3. The second-order valence-electron chi connectivity index (χ2n) is 4.99. The molecule has 0 saturated carbocycles. The predicted molar refractivity (Wildman–Crippen MR) is 80.3 cm³/mol. The first-order valence-electron chi connectivity index (χ1n) is 6.94. The first kappa shape index (κ1) is 14.1. The van der Waals surface area contributed by atoms with E-state index in [4.69, 9.17) is 4.42 Å². The first-order valence-corrected chi connectivity index (χ1v) is 6.94. The number of carbonyl (C=O) groups is 1. The molecule has 22 heavy (non-hydrogen) atoms. The van der Waals surface area contributed by atoms with Gasteiger partial charge < -0.3 is 9.73 Å². The number of H-pyrrole nitrogens is 1. The lowest BCUT2D eigenvalue weighted by Gasteiger charge is -2.16. The monoisotopic (exact) mass is 296 g/mol. The van der Waals surface area contributed by atoms with Gasteiger partial charge in [0.25, 0.3) is 5.91 Å². The molecule has 1 atom stereocenters. The molecule has 0 unspecified atom stereocenters. The van der Waals surface area contributed by atoms with Gasteiger partial charge in [0.05, 0.1) is 11.8 Å². The Morgan fingerprint density at radius 2 is 2.00 bits per heavy atom. The molecule has 1 amide bonds. The van der Waals surface area contributed by atoms with Crippen molar-refractivity contribution in [1.29, 1.82) is 0 Å². The van der Waals surface area contributed by atoms with Crippen molar-refractivity contribution in [2.45, 2.75) is 19.9 Å². The van der Waals surface area contributed by atoms with Gasteiger partial charge in [-0.2, -0.15) is 5.10 Å². The van der Waals surface area contributed by atoms with Gasteiger partial charge in [0, 0.05) is 0 Å². The Hall–Kier alpha value is -2.89. The topological polar surface area (TPSA) is 83.8 Å². The molecule has 3 rings (SSSR count). The summed E-state index contributed by atoms with van der Waals surface area (Å²) < 4.78 is 5.18. The van der Waals surface area contributed by atoms with Gasteiger partial charge >= 0.3 is 0 Å². The zero-order chi connectivity index (χ0) is 15.5. The molecule has 112 valence electrons. The summed E-state index contributed by atoms with van der Waals surface area (Å²) in [5, 5.41) is 9.94. The summed E-state index contributed by atoms with van der Waals surface area (Å²) in [5.74, 6) is 1.58. The van der Waals surface area contributed by atoms with Crippen LogP contribution in [0.15, 0.2) is 47.1 Å². The number of rotatable bonds is 4. The molecular formula is C16H16N4O2. The van der Waals surface area contributed by atoms with E-state index in [-0.39, 0.29) is 5.91 Å². The lowest BCUT2D eigenvalue weighted by molar-refractivity contribution is 0.0940. The van der Waals surface area contributed by atoms with Crippen molar-refractivity contribution < 1.29 is 9.21 Å². The van der Waals surface area contributed by atoms with E-state index in [1.807, 2.05) is 37.3 Å². The summed E-state index contributed by atoms with van der Waals surface area (Å²) in [6.45, 7) is 3.57. The number of furan rings is 1. The molecular weight excluding hydrogens is 280 g/mol. The second kappa shape index (κ2) is 5.85. The average molecular weight is 296 g/mol. The van der Waals surface area contributed by atoms with Crippen molar-refractivity contribution >= 4 is 5.91 Å². The predicted octanol–water partition coefficient (Wildman–Crippen LogP) is 2.53. The maximum Gasteiger partial charge on any atom is 0.255 e. The molecule has 6 nitrogen and oxygen atoms in total. The number of nitrogens with zero attached hydrogens (tertiary/aromatic N) is 2. The van der Waals surface area contributed by atoms with E-state index in [1.54, 1.807) is 13.0 Å². The van der Waals surface area contributed by atoms with Crippen LogP contribution in [0.2, 0.25) is 0 Å². The highest BCUT2D eigenvalue weighted by molar-refractivity contribution is 5.95. The Kier molecular flexibility index (Phi) is 3.74. The molecule has 2 N–H and O–H groups in total. The van der Waals surface area contributed by atoms with Crippen molar-refractivity contribution in [3.63, 3.8) is 0 Å². The van der Waals surface area contributed by atoms with Crippen LogP contribution in [0.4, 0.5) is 0 Å². The van der Waals surface area contributed by atoms with Crippen LogP contribution in [0.3, 0.4) is 0 Å². The fraction of sp³-hybridized carbons (Fsp3) is 0.188. The zero-order valence-electron chi connectivity index (χ0n) is 12.3. The summed E-state index contributed by atoms with van der Waals surface area (Å²) in [5.41, 5.74) is 1.42. The van der Waals surface area contributed by atoms with Gasteiger partial charge in [-0.05, 0) is 25.5 Å². The van der Waals surface area contributed by atoms with Gasteiger partial charge in [0.1, 0.15) is 17.6 Å². The number of amides is 1. The number of hydrogen-bond donors (Lipinski definition) is 2. The molecule has 0 aliphatic rings. The normalized spacial score (nSPS) is 12.1. The Morgan fingerprint density at radius 1 is 1.23 bits per heavy atom. The number of benzene rings is 1. The molecule has 2 aromatic heterocycles. The SMILES string of the molecule is Cc1nc([C@H](NC(=O)c2ccoc2C)c2ccccc2)n[nH]1. The van der Waals surface area contributed by atoms with E-state index in [0.29, 0.717) is 23.0 Å². The fourth-order valence-electron chi connectivity index (χ4n) is 2.26. The maximum atomic E-state index is 12.5. The lowest BCUT2D eigenvalue weighted by atomic mass is 10.1. The quantitative estimate of drug-likeness (QED) is 0.775. The number of aryl methyl sites for hydroxylation is 2. The Morgan fingerprint density at radius 3 is 2.59 bits per heavy atom. The van der Waals surface area contributed by atoms with Crippen molar-refractivity contribution in [3.05, 3.63) is 71.2 Å². The van der Waals surface area contributed by atoms with E-state index in [2.05, 4.69) is 20.5 Å². The largest absolute Gasteiger partial charge is 0.469 e. The van der Waals surface area contributed by atoms with Crippen LogP contribution in [-0.2, 0) is 0 Å². The Bertz CT molecular complexity index is 776. The summed E-state index contributed by atoms with van der Waals surface area (Å²) in [6, 6.07) is 10.8. The molecule has 0 radical (unpaired) electrons. The standard InChI is InChI=1S/C16H16N4O2/c1-10-13(8-9-22-10)16(21)18-14(12-6-4-3-5-7-12)15-17-11(2)19-20-15/h3-9,14H,1-2H3,(H,18,21)(H,17,19,20)/t14-/m1/s1. The van der Waals surface area contributed by atoms with Crippen molar-refractivity contribution in [1.82, 2.24) is 20.5 Å².